The van der Waals surface area contributed by atoms with Gasteiger partial charge in [0.15, 0.2) is 4.34 Å². The van der Waals surface area contributed by atoms with E-state index in [9.17, 15) is 4.79 Å². The molecule has 0 radical (unpaired) electrons. The van der Waals surface area contributed by atoms with Gasteiger partial charge < -0.3 is 10.6 Å². The van der Waals surface area contributed by atoms with Gasteiger partial charge in [0.2, 0.25) is 11.0 Å². The van der Waals surface area contributed by atoms with E-state index in [0.717, 1.165) is 34.4 Å². The summed E-state index contributed by atoms with van der Waals surface area (Å²) < 4.78 is 0.795. The third-order valence-electron chi connectivity index (χ3n) is 4.33. The number of carbonyl (C=O) groups is 1. The Balaban J connectivity index is 2.00. The molecule has 0 fully saturated rings. The Morgan fingerprint density at radius 1 is 1.15 bits per heavy atom. The molecule has 0 saturated carbocycles. The highest BCUT2D eigenvalue weighted by molar-refractivity contribution is 8.01. The molecule has 0 aliphatic rings. The summed E-state index contributed by atoms with van der Waals surface area (Å²) in [6.45, 7) is 10.4. The standard InChI is InChI=1S/C19H28N4OS2/c1-6-13-10-9-11-14(7-2)16(13)20-17-22-23-18(26-17)25-12-15(24)21-19(4,5)8-3/h9-11H,6-8,12H2,1-5H3,(H,20,22)(H,21,24). The van der Waals surface area contributed by atoms with Crippen LogP contribution < -0.4 is 10.6 Å². The lowest BCUT2D eigenvalue weighted by molar-refractivity contribution is -0.120. The summed E-state index contributed by atoms with van der Waals surface area (Å²) in [6, 6.07) is 6.37. The predicted molar refractivity (Wildman–Crippen MR) is 112 cm³/mol. The maximum atomic E-state index is 12.1. The Hall–Kier alpha value is -1.60. The quantitative estimate of drug-likeness (QED) is 0.600. The second-order valence-electron chi connectivity index (χ2n) is 6.73. The molecular weight excluding hydrogens is 364 g/mol. The number of thioether (sulfide) groups is 1. The van der Waals surface area contributed by atoms with Gasteiger partial charge in [-0.3, -0.25) is 4.79 Å². The van der Waals surface area contributed by atoms with Gasteiger partial charge in [0.25, 0.3) is 0 Å². The lowest BCUT2D eigenvalue weighted by Crippen LogP contribution is -2.43. The topological polar surface area (TPSA) is 66.9 Å². The van der Waals surface area contributed by atoms with Crippen LogP contribution in [0.3, 0.4) is 0 Å². The molecule has 1 aromatic heterocycles. The number of nitrogens with one attached hydrogen (secondary N) is 2. The largest absolute Gasteiger partial charge is 0.351 e. The van der Waals surface area contributed by atoms with Crippen molar-refractivity contribution in [1.29, 1.82) is 0 Å². The Morgan fingerprint density at radius 2 is 1.81 bits per heavy atom. The minimum Gasteiger partial charge on any atom is -0.351 e. The minimum absolute atomic E-state index is 0.0242. The molecular formula is C19H28N4OS2. The lowest BCUT2D eigenvalue weighted by Gasteiger charge is -2.24. The average Bonchev–Trinajstić information content (AvgIpc) is 3.07. The normalized spacial score (nSPS) is 11.4. The van der Waals surface area contributed by atoms with E-state index in [1.54, 1.807) is 0 Å². The number of para-hydroxylation sites is 1. The molecule has 2 N–H and O–H groups in total. The first kappa shape index (κ1) is 20.7. The van der Waals surface area contributed by atoms with E-state index in [1.807, 2.05) is 13.8 Å². The summed E-state index contributed by atoms with van der Waals surface area (Å²) in [5, 5.41) is 15.7. The number of hydrogen-bond acceptors (Lipinski definition) is 6. The van der Waals surface area contributed by atoms with Gasteiger partial charge in [-0.05, 0) is 44.2 Å². The zero-order valence-electron chi connectivity index (χ0n) is 16.2. The van der Waals surface area contributed by atoms with Gasteiger partial charge in [0.1, 0.15) is 0 Å². The van der Waals surface area contributed by atoms with Crippen LogP contribution in [-0.4, -0.2) is 27.4 Å². The SMILES string of the molecule is CCc1cccc(CC)c1Nc1nnc(SCC(=O)NC(C)(C)CC)s1. The monoisotopic (exact) mass is 392 g/mol. The van der Waals surface area contributed by atoms with Crippen LogP contribution in [0, 0.1) is 0 Å². The van der Waals surface area contributed by atoms with E-state index in [-0.39, 0.29) is 11.4 Å². The van der Waals surface area contributed by atoms with E-state index < -0.39 is 0 Å². The van der Waals surface area contributed by atoms with Crippen LogP contribution in [0.1, 0.15) is 52.2 Å². The van der Waals surface area contributed by atoms with Gasteiger partial charge in [0.05, 0.1) is 5.75 Å². The molecule has 0 atom stereocenters. The first-order chi connectivity index (χ1) is 12.4. The summed E-state index contributed by atoms with van der Waals surface area (Å²) in [4.78, 5) is 12.1. The number of carbonyl (C=O) groups excluding carboxylic acids is 1. The maximum Gasteiger partial charge on any atom is 0.230 e. The van der Waals surface area contributed by atoms with Crippen molar-refractivity contribution in [3.8, 4) is 0 Å². The van der Waals surface area contributed by atoms with Gasteiger partial charge >= 0.3 is 0 Å². The number of anilines is 2. The van der Waals surface area contributed by atoms with Crippen LogP contribution in [0.4, 0.5) is 10.8 Å². The third-order valence-corrected chi connectivity index (χ3v) is 6.30. The van der Waals surface area contributed by atoms with E-state index >= 15 is 0 Å². The predicted octanol–water partition coefficient (Wildman–Crippen LogP) is 4.80. The van der Waals surface area contributed by atoms with E-state index in [4.69, 9.17) is 0 Å². The van der Waals surface area contributed by atoms with E-state index in [0.29, 0.717) is 5.75 Å². The zero-order chi connectivity index (χ0) is 19.2. The number of hydrogen-bond donors (Lipinski definition) is 2. The summed E-state index contributed by atoms with van der Waals surface area (Å²) in [5.74, 6) is 0.375. The molecule has 26 heavy (non-hydrogen) atoms. The highest BCUT2D eigenvalue weighted by atomic mass is 32.2. The molecule has 0 aliphatic carbocycles. The molecule has 0 unspecified atom stereocenters. The third kappa shape index (κ3) is 5.71. The second-order valence-corrected chi connectivity index (χ2v) is 8.93. The molecule has 5 nitrogen and oxygen atoms in total. The van der Waals surface area contributed by atoms with Crippen molar-refractivity contribution in [2.24, 2.45) is 0 Å². The fourth-order valence-electron chi connectivity index (χ4n) is 2.46. The molecule has 0 spiro atoms. The van der Waals surface area contributed by atoms with Crippen LogP contribution in [0.25, 0.3) is 0 Å². The molecule has 0 saturated heterocycles. The van der Waals surface area contributed by atoms with Crippen molar-refractivity contribution in [3.05, 3.63) is 29.3 Å². The highest BCUT2D eigenvalue weighted by Crippen LogP contribution is 2.31. The Kier molecular flexibility index (Phi) is 7.46. The van der Waals surface area contributed by atoms with E-state index in [2.05, 4.69) is 59.8 Å². The van der Waals surface area contributed by atoms with Crippen LogP contribution in [0.5, 0.6) is 0 Å². The molecule has 2 aromatic rings. The van der Waals surface area contributed by atoms with Gasteiger partial charge in [-0.15, -0.1) is 10.2 Å². The minimum atomic E-state index is -0.175. The summed E-state index contributed by atoms with van der Waals surface area (Å²) in [5.41, 5.74) is 3.50. The fraction of sp³-hybridized carbons (Fsp3) is 0.526. The first-order valence-electron chi connectivity index (χ1n) is 9.03. The Labute approximate surface area is 164 Å². The molecule has 1 aromatic carbocycles. The van der Waals surface area contributed by atoms with Gasteiger partial charge in [-0.25, -0.2) is 0 Å². The molecule has 1 amide bonds. The average molecular weight is 393 g/mol. The van der Waals surface area contributed by atoms with Crippen LogP contribution in [0.15, 0.2) is 22.5 Å². The highest BCUT2D eigenvalue weighted by Gasteiger charge is 2.18. The first-order valence-corrected chi connectivity index (χ1v) is 10.8. The fourth-order valence-corrected chi connectivity index (χ4v) is 4.01. The summed E-state index contributed by atoms with van der Waals surface area (Å²) >= 11 is 2.91. The van der Waals surface area contributed by atoms with Gasteiger partial charge in [-0.2, -0.15) is 0 Å². The van der Waals surface area contributed by atoms with Crippen LogP contribution >= 0.6 is 23.1 Å². The van der Waals surface area contributed by atoms with Crippen molar-refractivity contribution >= 4 is 39.8 Å². The Bertz CT molecular complexity index is 721. The Morgan fingerprint density at radius 3 is 2.38 bits per heavy atom. The van der Waals surface area contributed by atoms with Crippen molar-refractivity contribution < 1.29 is 4.79 Å². The van der Waals surface area contributed by atoms with Gasteiger partial charge in [-0.1, -0.05) is 62.1 Å². The summed E-state index contributed by atoms with van der Waals surface area (Å²) in [7, 11) is 0. The smallest absolute Gasteiger partial charge is 0.230 e. The number of rotatable bonds is 9. The molecule has 1 heterocycles. The van der Waals surface area contributed by atoms with Crippen molar-refractivity contribution in [3.63, 3.8) is 0 Å². The lowest BCUT2D eigenvalue weighted by atomic mass is 10.0. The number of amides is 1. The van der Waals surface area contributed by atoms with Gasteiger partial charge in [0, 0.05) is 11.2 Å². The zero-order valence-corrected chi connectivity index (χ0v) is 17.8. The van der Waals surface area contributed by atoms with Crippen molar-refractivity contribution in [1.82, 2.24) is 15.5 Å². The number of aryl methyl sites for hydroxylation is 2. The summed E-state index contributed by atoms with van der Waals surface area (Å²) in [6.07, 6.45) is 2.82. The number of aromatic nitrogens is 2. The van der Waals surface area contributed by atoms with Crippen LogP contribution in [-0.2, 0) is 17.6 Å². The van der Waals surface area contributed by atoms with Crippen LogP contribution in [0.2, 0.25) is 0 Å². The van der Waals surface area contributed by atoms with Crippen molar-refractivity contribution in [2.45, 2.75) is 63.8 Å². The number of nitrogens with zero attached hydrogens (tertiary/aromatic N) is 2. The molecule has 7 heteroatoms. The number of benzene rings is 1. The van der Waals surface area contributed by atoms with Crippen molar-refractivity contribution in [2.75, 3.05) is 11.1 Å². The molecule has 0 bridgehead atoms. The molecule has 142 valence electrons. The molecule has 2 rings (SSSR count). The molecule has 0 aliphatic heterocycles. The van der Waals surface area contributed by atoms with E-state index in [1.165, 1.54) is 34.2 Å². The maximum absolute atomic E-state index is 12.1. The second kappa shape index (κ2) is 9.37.